The number of nitrogens with one attached hydrogen (secondary N) is 1. The molecule has 0 spiro atoms. The Morgan fingerprint density at radius 2 is 1.67 bits per heavy atom. The van der Waals surface area contributed by atoms with Gasteiger partial charge in [0, 0.05) is 24.8 Å². The summed E-state index contributed by atoms with van der Waals surface area (Å²) in [6, 6.07) is 22.0. The number of nitrogens with zero attached hydrogens (tertiary/aromatic N) is 1. The lowest BCUT2D eigenvalue weighted by Crippen LogP contribution is -2.59. The highest BCUT2D eigenvalue weighted by Gasteiger charge is 2.42. The molecule has 2 amide bonds. The van der Waals surface area contributed by atoms with Crippen molar-refractivity contribution < 1.29 is 28.7 Å². The molecule has 7 nitrogen and oxygen atoms in total. The van der Waals surface area contributed by atoms with Gasteiger partial charge in [-0.15, -0.1) is 0 Å². The van der Waals surface area contributed by atoms with Crippen LogP contribution in [0, 0.1) is 6.92 Å². The molecule has 3 aromatic carbocycles. The Labute approximate surface area is 259 Å². The van der Waals surface area contributed by atoms with Crippen molar-refractivity contribution in [3.63, 3.8) is 0 Å². The van der Waals surface area contributed by atoms with Crippen LogP contribution in [0.1, 0.15) is 60.0 Å². The van der Waals surface area contributed by atoms with Crippen LogP contribution in [-0.2, 0) is 11.2 Å². The van der Waals surface area contributed by atoms with E-state index in [-0.39, 0.29) is 16.6 Å². The summed E-state index contributed by atoms with van der Waals surface area (Å²) >= 11 is 1.54. The minimum absolute atomic E-state index is 0.181. The number of thioether (sulfide) groups is 1. The summed E-state index contributed by atoms with van der Waals surface area (Å²) in [6.45, 7) is 2.56. The average molecular weight is 604 g/mol. The molecule has 1 saturated carbocycles. The number of para-hydroxylation sites is 1. The highest BCUT2D eigenvalue weighted by Crippen LogP contribution is 2.31. The maximum absolute atomic E-state index is 13.7. The number of carbonyl (C=O) groups excluding carboxylic acids is 2. The summed E-state index contributed by atoms with van der Waals surface area (Å²) in [6.07, 6.45) is 7.98. The number of rotatable bonds is 12. The average Bonchev–Trinajstić information content (AvgIpc) is 3.02. The molecule has 2 atom stereocenters. The lowest BCUT2D eigenvalue weighted by atomic mass is 9.91. The second-order valence-corrected chi connectivity index (χ2v) is 12.5. The zero-order valence-corrected chi connectivity index (χ0v) is 26.2. The summed E-state index contributed by atoms with van der Waals surface area (Å²) < 4.78 is 6.08. The fourth-order valence-electron chi connectivity index (χ4n) is 5.90. The summed E-state index contributed by atoms with van der Waals surface area (Å²) in [5.74, 6) is -0.279. The van der Waals surface area contributed by atoms with Gasteiger partial charge in [-0.25, -0.2) is 9.28 Å². The van der Waals surface area contributed by atoms with Crippen molar-refractivity contribution in [1.29, 1.82) is 0 Å². The topological polar surface area (TPSA) is 92.7 Å². The molecule has 1 unspecified atom stereocenters. The molecule has 1 aliphatic carbocycles. The number of amides is 2. The van der Waals surface area contributed by atoms with Crippen LogP contribution in [0.4, 0.5) is 4.79 Å². The van der Waals surface area contributed by atoms with Gasteiger partial charge in [-0.05, 0) is 78.6 Å². The first-order chi connectivity index (χ1) is 20.7. The third kappa shape index (κ3) is 8.27. The van der Waals surface area contributed by atoms with Crippen LogP contribution in [0.25, 0.3) is 11.1 Å². The van der Waals surface area contributed by atoms with Crippen LogP contribution < -0.4 is 10.1 Å². The quantitative estimate of drug-likeness (QED) is 0.214. The van der Waals surface area contributed by atoms with Crippen molar-refractivity contribution in [3.8, 4) is 16.9 Å². The van der Waals surface area contributed by atoms with Crippen LogP contribution in [0.15, 0.2) is 72.8 Å². The molecule has 0 heterocycles. The van der Waals surface area contributed by atoms with Crippen LogP contribution >= 0.6 is 11.8 Å². The molecule has 43 heavy (non-hydrogen) atoms. The molecule has 4 rings (SSSR count). The van der Waals surface area contributed by atoms with Gasteiger partial charge in [-0.2, -0.15) is 16.6 Å². The lowest BCUT2D eigenvalue weighted by molar-refractivity contribution is -0.863. The third-order valence-corrected chi connectivity index (χ3v) is 9.23. The van der Waals surface area contributed by atoms with Gasteiger partial charge < -0.3 is 15.2 Å². The summed E-state index contributed by atoms with van der Waals surface area (Å²) in [7, 11) is 1.99. The molecule has 3 aromatic rings. The summed E-state index contributed by atoms with van der Waals surface area (Å²) in [4.78, 5) is 39.0. The third-order valence-electron chi connectivity index (χ3n) is 8.59. The predicted octanol–water partition coefficient (Wildman–Crippen LogP) is 7.12. The zero-order valence-electron chi connectivity index (χ0n) is 25.4. The van der Waals surface area contributed by atoms with Gasteiger partial charge in [-0.3, -0.25) is 4.79 Å². The highest BCUT2D eigenvalue weighted by molar-refractivity contribution is 7.98. The highest BCUT2D eigenvalue weighted by atomic mass is 32.2. The molecule has 228 valence electrons. The number of carboxylic acids is 1. The van der Waals surface area contributed by atoms with Gasteiger partial charge in [0.25, 0.3) is 5.91 Å². The van der Waals surface area contributed by atoms with Crippen molar-refractivity contribution in [1.82, 2.24) is 5.32 Å². The van der Waals surface area contributed by atoms with Crippen molar-refractivity contribution in [2.24, 2.45) is 0 Å². The second-order valence-electron chi connectivity index (χ2n) is 11.6. The molecule has 1 fully saturated rings. The van der Waals surface area contributed by atoms with E-state index in [1.807, 2.05) is 74.8 Å². The first-order valence-electron chi connectivity index (χ1n) is 15.1. The molecule has 0 aliphatic heterocycles. The number of benzene rings is 3. The fourth-order valence-corrected chi connectivity index (χ4v) is 6.37. The number of carboxylic acid groups (broad SMARTS) is 1. The van der Waals surface area contributed by atoms with Crippen molar-refractivity contribution in [2.45, 2.75) is 64.0 Å². The number of carbonyl (C=O) groups is 3. The van der Waals surface area contributed by atoms with E-state index >= 15 is 0 Å². The van der Waals surface area contributed by atoms with E-state index in [4.69, 9.17) is 4.74 Å². The lowest BCUT2D eigenvalue weighted by Gasteiger charge is -2.39. The Balaban J connectivity index is 1.63. The Kier molecular flexibility index (Phi) is 11.4. The molecule has 0 aromatic heterocycles. The van der Waals surface area contributed by atoms with E-state index in [1.54, 1.807) is 30.0 Å². The number of hydrogen-bond donors (Lipinski definition) is 2. The van der Waals surface area contributed by atoms with Gasteiger partial charge in [-0.1, -0.05) is 61.0 Å². The molecule has 0 saturated heterocycles. The SMILES string of the molecule is CSCC[C@H](NC(=O)c1ccc(CC[N+](C)(C(=O)Oc2ccccc2)C2CCCCC2)cc1-c1ccccc1C)C(=O)O. The van der Waals surface area contributed by atoms with Crippen LogP contribution in [0.3, 0.4) is 0 Å². The van der Waals surface area contributed by atoms with Crippen LogP contribution in [0.5, 0.6) is 5.75 Å². The fraction of sp³-hybridized carbons (Fsp3) is 0.400. The number of likely N-dealkylation sites (N-methyl/N-ethyl adjacent to an activating group) is 1. The van der Waals surface area contributed by atoms with E-state index in [0.717, 1.165) is 47.9 Å². The molecule has 8 heteroatoms. The molecular weight excluding hydrogens is 560 g/mol. The minimum Gasteiger partial charge on any atom is -0.480 e. The van der Waals surface area contributed by atoms with Gasteiger partial charge >= 0.3 is 12.1 Å². The van der Waals surface area contributed by atoms with E-state index in [2.05, 4.69) is 5.32 Å². The summed E-state index contributed by atoms with van der Waals surface area (Å²) in [5, 5.41) is 12.4. The van der Waals surface area contributed by atoms with Crippen LogP contribution in [0.2, 0.25) is 0 Å². The number of quaternary nitrogens is 1. The van der Waals surface area contributed by atoms with Crippen LogP contribution in [-0.4, -0.2) is 65.2 Å². The van der Waals surface area contributed by atoms with Gasteiger partial charge in [0.2, 0.25) is 0 Å². The van der Waals surface area contributed by atoms with Gasteiger partial charge in [0.15, 0.2) is 0 Å². The Bertz CT molecular complexity index is 1410. The first-order valence-corrected chi connectivity index (χ1v) is 16.5. The van der Waals surface area contributed by atoms with E-state index in [0.29, 0.717) is 36.5 Å². The van der Waals surface area contributed by atoms with Gasteiger partial charge in [0.1, 0.15) is 11.8 Å². The molecule has 2 N–H and O–H groups in total. The van der Waals surface area contributed by atoms with E-state index < -0.39 is 17.9 Å². The van der Waals surface area contributed by atoms with Crippen molar-refractivity contribution in [2.75, 3.05) is 25.6 Å². The second kappa shape index (κ2) is 15.2. The Morgan fingerprint density at radius 1 is 0.977 bits per heavy atom. The predicted molar refractivity (Wildman–Crippen MR) is 173 cm³/mol. The largest absolute Gasteiger partial charge is 0.521 e. The maximum atomic E-state index is 13.7. The summed E-state index contributed by atoms with van der Waals surface area (Å²) in [5.41, 5.74) is 4.11. The monoisotopic (exact) mass is 603 g/mol. The molecule has 0 bridgehead atoms. The Morgan fingerprint density at radius 3 is 2.35 bits per heavy atom. The molecular formula is C35H43N2O5S+. The van der Waals surface area contributed by atoms with E-state index in [1.165, 1.54) is 6.42 Å². The first kappa shape index (κ1) is 32.3. The number of hydrogen-bond acceptors (Lipinski definition) is 5. The normalized spacial score (nSPS) is 15.7. The maximum Gasteiger partial charge on any atom is 0.521 e. The zero-order chi connectivity index (χ0) is 30.8. The van der Waals surface area contributed by atoms with Crippen molar-refractivity contribution in [3.05, 3.63) is 89.5 Å². The smallest absolute Gasteiger partial charge is 0.480 e. The molecule has 0 radical (unpaired) electrons. The number of ether oxygens (including phenoxy) is 1. The van der Waals surface area contributed by atoms with Crippen molar-refractivity contribution >= 4 is 29.7 Å². The number of aliphatic carboxylic acids is 1. The van der Waals surface area contributed by atoms with E-state index in [9.17, 15) is 19.5 Å². The van der Waals surface area contributed by atoms with Gasteiger partial charge in [0.05, 0.1) is 19.6 Å². The molecule has 1 aliphatic rings. The standard InChI is InChI=1S/C35H42N2O5S/c1-25-12-10-11-17-29(25)31-24-26(18-19-30(31)33(38)36-32(34(39)40)21-23-43-3)20-22-37(2,27-13-6-4-7-14-27)35(41)42-28-15-8-5-9-16-28/h5,8-12,15-19,24,27,32H,4,6-7,13-14,20-23H2,1-3H3,(H-,36,38,39,40)/p+1/t32-,37?/m0/s1. The number of aryl methyl sites for hydroxylation is 1. The Hall–Kier alpha value is -3.62. The minimum atomic E-state index is -1.04.